The van der Waals surface area contributed by atoms with Gasteiger partial charge in [-0.2, -0.15) is 0 Å². The fourth-order valence-electron chi connectivity index (χ4n) is 3.24. The Hall–Kier alpha value is -2.02. The van der Waals surface area contributed by atoms with Crippen molar-refractivity contribution in [3.8, 4) is 0 Å². The summed E-state index contributed by atoms with van der Waals surface area (Å²) < 4.78 is 0. The molecule has 0 aliphatic rings. The van der Waals surface area contributed by atoms with Crippen molar-refractivity contribution in [1.29, 1.82) is 0 Å². The lowest BCUT2D eigenvalue weighted by Crippen LogP contribution is -2.30. The van der Waals surface area contributed by atoms with Crippen LogP contribution in [0.25, 0.3) is 0 Å². The number of amides is 2. The molecule has 32 heavy (non-hydrogen) atoms. The largest absolute Gasteiger partial charge is 0.478 e. The molecule has 0 unspecified atom stereocenters. The van der Waals surface area contributed by atoms with E-state index in [1.54, 1.807) is 0 Å². The Morgan fingerprint density at radius 1 is 0.812 bits per heavy atom. The normalized spacial score (nSPS) is 11.8. The predicted octanol–water partition coefficient (Wildman–Crippen LogP) is 4.29. The minimum Gasteiger partial charge on any atom is -0.478 e. The smallest absolute Gasteiger partial charge is 0.336 e. The van der Waals surface area contributed by atoms with Crippen LogP contribution in [-0.2, 0) is 11.5 Å². The van der Waals surface area contributed by atoms with Crippen LogP contribution < -0.4 is 10.6 Å². The molecule has 0 heterocycles. The van der Waals surface area contributed by atoms with E-state index in [4.69, 9.17) is 5.26 Å². The first kappa shape index (κ1) is 28.0. The molecule has 0 fully saturated rings. The Bertz CT molecular complexity index is 816. The highest BCUT2D eigenvalue weighted by Crippen LogP contribution is 2.20. The van der Waals surface area contributed by atoms with Gasteiger partial charge in [0.2, 0.25) is 0 Å². The zero-order valence-electron chi connectivity index (χ0n) is 20.1. The van der Waals surface area contributed by atoms with Crippen LogP contribution in [0.4, 0.5) is 0 Å². The van der Waals surface area contributed by atoms with Gasteiger partial charge in [0.25, 0.3) is 11.8 Å². The van der Waals surface area contributed by atoms with E-state index in [0.717, 1.165) is 24.9 Å². The van der Waals surface area contributed by atoms with Crippen molar-refractivity contribution in [3.63, 3.8) is 0 Å². The van der Waals surface area contributed by atoms with Gasteiger partial charge in [0.1, 0.15) is 6.61 Å². The van der Waals surface area contributed by atoms with Gasteiger partial charge < -0.3 is 15.7 Å². The SMILES string of the molecule is C[Si](C)(C)CCCNC(=O)c1cc(C(=O)O)c(C(=O)NCCC[Si](C)(C)C)cc1COO. The zero-order valence-corrected chi connectivity index (χ0v) is 22.1. The standard InChI is InChI=1S/C22H38N2O6Si2/c1-31(2,3)11-7-9-23-20(25)17-14-19(22(27)28)18(13-16(17)15-30-29)21(26)24-10-8-12-32(4,5)6/h13-14,29H,7-12,15H2,1-6H3,(H,23,25)(H,24,26)(H,27,28). The lowest BCUT2D eigenvalue weighted by atomic mass is 9.97. The third-order valence-electron chi connectivity index (χ3n) is 4.96. The monoisotopic (exact) mass is 482 g/mol. The molecule has 0 radical (unpaired) electrons. The molecule has 1 rings (SSSR count). The zero-order chi connectivity index (χ0) is 24.5. The highest BCUT2D eigenvalue weighted by Gasteiger charge is 2.23. The summed E-state index contributed by atoms with van der Waals surface area (Å²) >= 11 is 0. The summed E-state index contributed by atoms with van der Waals surface area (Å²) in [5, 5.41) is 24.1. The second-order valence-corrected chi connectivity index (χ2v) is 21.7. The van der Waals surface area contributed by atoms with Crippen LogP contribution >= 0.6 is 0 Å². The van der Waals surface area contributed by atoms with Crippen LogP contribution in [0, 0.1) is 0 Å². The number of benzene rings is 1. The molecule has 1 aromatic rings. The molecule has 1 aromatic carbocycles. The second kappa shape index (κ2) is 12.3. The van der Waals surface area contributed by atoms with Gasteiger partial charge in [-0.15, -0.1) is 0 Å². The van der Waals surface area contributed by atoms with Crippen molar-refractivity contribution in [2.75, 3.05) is 13.1 Å². The van der Waals surface area contributed by atoms with Crippen molar-refractivity contribution in [2.24, 2.45) is 0 Å². The first-order chi connectivity index (χ1) is 14.7. The maximum Gasteiger partial charge on any atom is 0.336 e. The van der Waals surface area contributed by atoms with Crippen LogP contribution in [-0.4, -0.2) is 57.4 Å². The minimum atomic E-state index is -1.30. The Morgan fingerprint density at radius 3 is 1.69 bits per heavy atom. The van der Waals surface area contributed by atoms with Crippen LogP contribution in [0.15, 0.2) is 12.1 Å². The summed E-state index contributed by atoms with van der Waals surface area (Å²) in [5.74, 6) is -2.29. The molecule has 0 spiro atoms. The van der Waals surface area contributed by atoms with Gasteiger partial charge in [0, 0.05) is 34.8 Å². The van der Waals surface area contributed by atoms with E-state index in [1.807, 2.05) is 0 Å². The van der Waals surface area contributed by atoms with Crippen LogP contribution in [0.1, 0.15) is 49.5 Å². The molecular formula is C22H38N2O6Si2. The maximum atomic E-state index is 12.7. The Labute approximate surface area is 192 Å². The lowest BCUT2D eigenvalue weighted by Gasteiger charge is -2.17. The minimum absolute atomic E-state index is 0.0622. The fourth-order valence-corrected chi connectivity index (χ4v) is 5.72. The number of carboxylic acid groups (broad SMARTS) is 1. The third-order valence-corrected chi connectivity index (χ3v) is 8.67. The van der Waals surface area contributed by atoms with E-state index in [0.29, 0.717) is 13.1 Å². The number of carboxylic acids is 1. The Kier molecular flexibility index (Phi) is 10.8. The number of hydrogen-bond donors (Lipinski definition) is 4. The molecule has 8 nitrogen and oxygen atoms in total. The predicted molar refractivity (Wildman–Crippen MR) is 131 cm³/mol. The summed E-state index contributed by atoms with van der Waals surface area (Å²) in [4.78, 5) is 41.4. The molecule has 0 aliphatic carbocycles. The van der Waals surface area contributed by atoms with Crippen molar-refractivity contribution in [3.05, 3.63) is 34.4 Å². The number of carbonyl (C=O) groups excluding carboxylic acids is 2. The molecule has 4 N–H and O–H groups in total. The molecule has 0 saturated heterocycles. The van der Waals surface area contributed by atoms with Gasteiger partial charge in [0.05, 0.1) is 11.1 Å². The summed E-state index contributed by atoms with van der Waals surface area (Å²) in [5.41, 5.74) is -0.0124. The van der Waals surface area contributed by atoms with Crippen molar-refractivity contribution < 1.29 is 29.6 Å². The van der Waals surface area contributed by atoms with E-state index in [2.05, 4.69) is 54.8 Å². The number of rotatable bonds is 13. The molecular weight excluding hydrogens is 444 g/mol. The molecule has 0 atom stereocenters. The molecule has 0 bridgehead atoms. The van der Waals surface area contributed by atoms with Gasteiger partial charge in [-0.05, 0) is 30.5 Å². The van der Waals surface area contributed by atoms with E-state index in [9.17, 15) is 19.5 Å². The first-order valence-corrected chi connectivity index (χ1v) is 18.4. The topological polar surface area (TPSA) is 125 Å². The molecule has 180 valence electrons. The molecule has 10 heteroatoms. The van der Waals surface area contributed by atoms with Gasteiger partial charge in [-0.3, -0.25) is 14.8 Å². The van der Waals surface area contributed by atoms with E-state index in [-0.39, 0.29) is 28.9 Å². The quantitative estimate of drug-likeness (QED) is 0.144. The van der Waals surface area contributed by atoms with Gasteiger partial charge in [-0.25, -0.2) is 9.68 Å². The van der Waals surface area contributed by atoms with Crippen molar-refractivity contribution in [1.82, 2.24) is 10.6 Å². The molecule has 2 amide bonds. The summed E-state index contributed by atoms with van der Waals surface area (Å²) in [6, 6.07) is 4.59. The number of hydrogen-bond acceptors (Lipinski definition) is 5. The van der Waals surface area contributed by atoms with Crippen molar-refractivity contribution in [2.45, 2.75) is 70.8 Å². The Balaban J connectivity index is 3.04. The third kappa shape index (κ3) is 10.1. The number of nitrogens with one attached hydrogen (secondary N) is 2. The van der Waals surface area contributed by atoms with Gasteiger partial charge in [0.15, 0.2) is 0 Å². The van der Waals surface area contributed by atoms with Crippen LogP contribution in [0.3, 0.4) is 0 Å². The van der Waals surface area contributed by atoms with E-state index < -0.39 is 33.9 Å². The average molecular weight is 483 g/mol. The summed E-state index contributed by atoms with van der Waals surface area (Å²) in [6.45, 7) is 14.0. The lowest BCUT2D eigenvalue weighted by molar-refractivity contribution is -0.253. The van der Waals surface area contributed by atoms with Crippen LogP contribution in [0.5, 0.6) is 0 Å². The Morgan fingerprint density at radius 2 is 1.28 bits per heavy atom. The second-order valence-electron chi connectivity index (χ2n) is 10.5. The highest BCUT2D eigenvalue weighted by atomic mass is 28.3. The molecule has 0 aromatic heterocycles. The van der Waals surface area contributed by atoms with Crippen LogP contribution in [0.2, 0.25) is 51.4 Å². The van der Waals surface area contributed by atoms with Gasteiger partial charge in [-0.1, -0.05) is 51.4 Å². The maximum absolute atomic E-state index is 12.7. The van der Waals surface area contributed by atoms with E-state index >= 15 is 0 Å². The molecule has 0 saturated carbocycles. The molecule has 0 aliphatic heterocycles. The fraction of sp³-hybridized carbons (Fsp3) is 0.591. The van der Waals surface area contributed by atoms with Gasteiger partial charge >= 0.3 is 5.97 Å². The highest BCUT2D eigenvalue weighted by molar-refractivity contribution is 6.76. The van der Waals surface area contributed by atoms with Crippen molar-refractivity contribution >= 4 is 33.9 Å². The summed E-state index contributed by atoms with van der Waals surface area (Å²) in [7, 11) is -2.46. The number of carbonyl (C=O) groups is 3. The van der Waals surface area contributed by atoms with E-state index in [1.165, 1.54) is 12.1 Å². The summed E-state index contributed by atoms with van der Waals surface area (Å²) in [6.07, 6.45) is 1.64. The first-order valence-electron chi connectivity index (χ1n) is 11.0. The number of aromatic carboxylic acids is 1. The average Bonchev–Trinajstić information content (AvgIpc) is 2.66.